The number of fused-ring (bicyclic) bond motifs is 2. The summed E-state index contributed by atoms with van der Waals surface area (Å²) in [5.41, 5.74) is 2.85. The summed E-state index contributed by atoms with van der Waals surface area (Å²) in [6.07, 6.45) is 3.79. The lowest BCUT2D eigenvalue weighted by Crippen LogP contribution is -2.34. The van der Waals surface area contributed by atoms with Gasteiger partial charge in [0, 0.05) is 35.6 Å². The zero-order chi connectivity index (χ0) is 20.8. The summed E-state index contributed by atoms with van der Waals surface area (Å²) in [7, 11) is 0. The van der Waals surface area contributed by atoms with Gasteiger partial charge < -0.3 is 18.9 Å². The molecule has 29 heavy (non-hydrogen) atoms. The summed E-state index contributed by atoms with van der Waals surface area (Å²) in [4.78, 5) is 25.0. The maximum Gasteiger partial charge on any atom is 0.340 e. The molecule has 1 aromatic carbocycles. The van der Waals surface area contributed by atoms with Crippen LogP contribution < -0.4 is 10.9 Å². The minimum atomic E-state index is -0.482. The van der Waals surface area contributed by atoms with Gasteiger partial charge in [0.2, 0.25) is 5.91 Å². The molecule has 1 amide bonds. The van der Waals surface area contributed by atoms with E-state index in [1.54, 1.807) is 12.3 Å². The van der Waals surface area contributed by atoms with Gasteiger partial charge in [0.05, 0.1) is 24.4 Å². The highest BCUT2D eigenvalue weighted by molar-refractivity contribution is 5.97. The molecule has 1 aliphatic heterocycles. The number of nitrogens with one attached hydrogen (secondary N) is 1. The predicted octanol–water partition coefficient (Wildman–Crippen LogP) is 3.98. The van der Waals surface area contributed by atoms with Crippen molar-refractivity contribution in [2.75, 3.05) is 13.2 Å². The van der Waals surface area contributed by atoms with E-state index in [2.05, 4.69) is 26.1 Å². The van der Waals surface area contributed by atoms with Crippen LogP contribution in [-0.2, 0) is 21.4 Å². The minimum absolute atomic E-state index is 0.00756. The average Bonchev–Trinajstić information content (AvgIpc) is 3.31. The molecule has 3 heterocycles. The summed E-state index contributed by atoms with van der Waals surface area (Å²) in [6.45, 7) is 9.47. The monoisotopic (exact) mass is 397 g/mol. The van der Waals surface area contributed by atoms with Crippen LogP contribution >= 0.6 is 0 Å². The molecule has 0 radical (unpaired) electrons. The molecule has 0 spiro atoms. The fourth-order valence-electron chi connectivity index (χ4n) is 3.95. The molecule has 154 valence electrons. The molecule has 6 nitrogen and oxygen atoms in total. The second kappa shape index (κ2) is 7.34. The number of hydrogen-bond donors (Lipinski definition) is 1. The number of ether oxygens (including phenoxy) is 1. The molecule has 1 saturated heterocycles. The minimum Gasteiger partial charge on any atom is -0.464 e. The predicted molar refractivity (Wildman–Crippen MR) is 111 cm³/mol. The van der Waals surface area contributed by atoms with E-state index in [0.29, 0.717) is 23.3 Å². The Morgan fingerprint density at radius 2 is 2.00 bits per heavy atom. The average molecular weight is 397 g/mol. The molecule has 0 saturated carbocycles. The first-order valence-electron chi connectivity index (χ1n) is 10.1. The molecule has 6 heteroatoms. The Hall–Kier alpha value is -2.60. The molecule has 3 aromatic rings. The summed E-state index contributed by atoms with van der Waals surface area (Å²) in [5.74, 6) is -0.199. The van der Waals surface area contributed by atoms with E-state index in [-0.39, 0.29) is 23.8 Å². The van der Waals surface area contributed by atoms with Gasteiger partial charge in [0.15, 0.2) is 0 Å². The van der Waals surface area contributed by atoms with E-state index >= 15 is 0 Å². The Labute approximate surface area is 169 Å². The molecule has 4 rings (SSSR count). The molecule has 1 aliphatic rings. The van der Waals surface area contributed by atoms with E-state index in [1.807, 2.05) is 13.0 Å². The van der Waals surface area contributed by atoms with Crippen molar-refractivity contribution in [3.05, 3.63) is 45.5 Å². The van der Waals surface area contributed by atoms with Crippen molar-refractivity contribution in [3.63, 3.8) is 0 Å². The fraction of sp³-hybridized carbons (Fsp3) is 0.478. The van der Waals surface area contributed by atoms with Gasteiger partial charge in [-0.1, -0.05) is 20.8 Å². The van der Waals surface area contributed by atoms with Crippen molar-refractivity contribution in [2.24, 2.45) is 0 Å². The Bertz CT molecular complexity index is 1130. The number of furan rings is 1. The standard InChI is InChI=1S/C23H27NO5/c1-13-15-8-17-18(23(2,3)4)12-28-19(17)10-20(15)29-22(26)16(13)9-21(25)24-11-14-6-5-7-27-14/h8,10,12,14H,5-7,9,11H2,1-4H3,(H,24,25)/t14-/m0/s1. The van der Waals surface area contributed by atoms with Crippen LogP contribution in [-0.4, -0.2) is 25.2 Å². The quantitative estimate of drug-likeness (QED) is 0.674. The van der Waals surface area contributed by atoms with Crippen molar-refractivity contribution in [1.29, 1.82) is 0 Å². The first-order valence-corrected chi connectivity index (χ1v) is 10.1. The highest BCUT2D eigenvalue weighted by Crippen LogP contribution is 2.35. The highest BCUT2D eigenvalue weighted by Gasteiger charge is 2.22. The number of rotatable bonds is 4. The third kappa shape index (κ3) is 3.81. The summed E-state index contributed by atoms with van der Waals surface area (Å²) in [5, 5.41) is 4.69. The Morgan fingerprint density at radius 3 is 2.69 bits per heavy atom. The third-order valence-corrected chi connectivity index (χ3v) is 5.68. The molecule has 0 unspecified atom stereocenters. The van der Waals surface area contributed by atoms with Crippen LogP contribution in [0.3, 0.4) is 0 Å². The lowest BCUT2D eigenvalue weighted by molar-refractivity contribution is -0.121. The van der Waals surface area contributed by atoms with Crippen molar-refractivity contribution < 1.29 is 18.4 Å². The first kappa shape index (κ1) is 19.7. The number of amides is 1. The van der Waals surface area contributed by atoms with Gasteiger partial charge in [-0.3, -0.25) is 4.79 Å². The van der Waals surface area contributed by atoms with Crippen molar-refractivity contribution in [2.45, 2.75) is 58.5 Å². The molecule has 1 fully saturated rings. The highest BCUT2D eigenvalue weighted by atomic mass is 16.5. The van der Waals surface area contributed by atoms with Crippen molar-refractivity contribution in [1.82, 2.24) is 5.32 Å². The molecule has 2 aromatic heterocycles. The van der Waals surface area contributed by atoms with Gasteiger partial charge in [0.25, 0.3) is 0 Å². The van der Waals surface area contributed by atoms with Crippen LogP contribution in [0.4, 0.5) is 0 Å². The topological polar surface area (TPSA) is 81.7 Å². The number of hydrogen-bond acceptors (Lipinski definition) is 5. The number of aryl methyl sites for hydroxylation is 1. The van der Waals surface area contributed by atoms with Crippen molar-refractivity contribution in [3.8, 4) is 0 Å². The van der Waals surface area contributed by atoms with E-state index in [0.717, 1.165) is 41.3 Å². The van der Waals surface area contributed by atoms with Crippen LogP contribution in [0, 0.1) is 6.92 Å². The summed E-state index contributed by atoms with van der Waals surface area (Å²) < 4.78 is 16.8. The van der Waals surface area contributed by atoms with E-state index in [9.17, 15) is 9.59 Å². The SMILES string of the molecule is Cc1c(CC(=O)NC[C@@H]2CCCO2)c(=O)oc2cc3occ(C(C)(C)C)c3cc12. The maximum absolute atomic E-state index is 12.5. The Balaban J connectivity index is 1.68. The lowest BCUT2D eigenvalue weighted by Gasteiger charge is -2.16. The van der Waals surface area contributed by atoms with Crippen molar-refractivity contribution >= 4 is 27.8 Å². The third-order valence-electron chi connectivity index (χ3n) is 5.68. The first-order chi connectivity index (χ1) is 13.7. The van der Waals surface area contributed by atoms with Gasteiger partial charge in [-0.15, -0.1) is 0 Å². The van der Waals surface area contributed by atoms with Crippen LogP contribution in [0.15, 0.2) is 32.0 Å². The normalized spacial score (nSPS) is 17.3. The van der Waals surface area contributed by atoms with Gasteiger partial charge in [-0.05, 0) is 36.8 Å². The fourth-order valence-corrected chi connectivity index (χ4v) is 3.95. The second-order valence-electron chi connectivity index (χ2n) is 8.85. The summed E-state index contributed by atoms with van der Waals surface area (Å²) in [6, 6.07) is 3.76. The van der Waals surface area contributed by atoms with Crippen LogP contribution in [0.1, 0.15) is 50.3 Å². The van der Waals surface area contributed by atoms with Crippen LogP contribution in [0.2, 0.25) is 0 Å². The van der Waals surface area contributed by atoms with Gasteiger partial charge in [-0.2, -0.15) is 0 Å². The molecule has 1 N–H and O–H groups in total. The number of benzene rings is 1. The maximum atomic E-state index is 12.5. The zero-order valence-corrected chi connectivity index (χ0v) is 17.4. The smallest absolute Gasteiger partial charge is 0.340 e. The van der Waals surface area contributed by atoms with Gasteiger partial charge in [0.1, 0.15) is 11.2 Å². The Kier molecular flexibility index (Phi) is 4.99. The van der Waals surface area contributed by atoms with E-state index in [4.69, 9.17) is 13.6 Å². The zero-order valence-electron chi connectivity index (χ0n) is 17.4. The molecule has 1 atom stereocenters. The van der Waals surface area contributed by atoms with Crippen LogP contribution in [0.5, 0.6) is 0 Å². The second-order valence-corrected chi connectivity index (χ2v) is 8.85. The number of carbonyl (C=O) groups is 1. The van der Waals surface area contributed by atoms with Gasteiger partial charge in [-0.25, -0.2) is 4.79 Å². The Morgan fingerprint density at radius 1 is 1.21 bits per heavy atom. The van der Waals surface area contributed by atoms with E-state index < -0.39 is 5.63 Å². The lowest BCUT2D eigenvalue weighted by atomic mass is 9.86. The number of carbonyl (C=O) groups excluding carboxylic acids is 1. The van der Waals surface area contributed by atoms with E-state index in [1.165, 1.54) is 0 Å². The molecule has 0 aliphatic carbocycles. The van der Waals surface area contributed by atoms with Gasteiger partial charge >= 0.3 is 5.63 Å². The largest absolute Gasteiger partial charge is 0.464 e. The molecule has 0 bridgehead atoms. The molecular weight excluding hydrogens is 370 g/mol. The summed E-state index contributed by atoms with van der Waals surface area (Å²) >= 11 is 0. The molecular formula is C23H27NO5. The van der Waals surface area contributed by atoms with Crippen LogP contribution in [0.25, 0.3) is 21.9 Å².